The minimum absolute atomic E-state index is 0.163. The fraction of sp³-hybridized carbons (Fsp3) is 0.600. The average molecular weight is 269 g/mol. The van der Waals surface area contributed by atoms with Gasteiger partial charge >= 0.3 is 0 Å². The first kappa shape index (κ1) is 15.5. The molecule has 0 fully saturated rings. The maximum atomic E-state index is 6.05. The second kappa shape index (κ2) is 6.05. The van der Waals surface area contributed by atoms with Gasteiger partial charge in [-0.25, -0.2) is 0 Å². The van der Waals surface area contributed by atoms with Crippen LogP contribution in [0.3, 0.4) is 0 Å². The van der Waals surface area contributed by atoms with Gasteiger partial charge in [0.25, 0.3) is 0 Å². The van der Waals surface area contributed by atoms with Crippen molar-refractivity contribution in [2.45, 2.75) is 39.8 Å². The number of nitrogens with two attached hydrogens (primary N) is 1. The Labute approximate surface area is 116 Å². The summed E-state index contributed by atoms with van der Waals surface area (Å²) in [4.78, 5) is 2.34. The monoisotopic (exact) mass is 268 g/mol. The van der Waals surface area contributed by atoms with Crippen molar-refractivity contribution >= 4 is 11.6 Å². The van der Waals surface area contributed by atoms with E-state index in [2.05, 4.69) is 45.7 Å². The van der Waals surface area contributed by atoms with Crippen LogP contribution in [0.1, 0.15) is 39.3 Å². The van der Waals surface area contributed by atoms with Gasteiger partial charge in [0.15, 0.2) is 0 Å². The predicted octanol–water partition coefficient (Wildman–Crippen LogP) is 3.71. The van der Waals surface area contributed by atoms with Crippen molar-refractivity contribution in [1.82, 2.24) is 4.90 Å². The predicted molar refractivity (Wildman–Crippen MR) is 79.9 cm³/mol. The zero-order valence-electron chi connectivity index (χ0n) is 12.1. The average Bonchev–Trinajstić information content (AvgIpc) is 2.26. The zero-order valence-corrected chi connectivity index (χ0v) is 12.8. The van der Waals surface area contributed by atoms with Crippen LogP contribution in [0.5, 0.6) is 0 Å². The molecule has 1 aromatic rings. The molecular weight excluding hydrogens is 244 g/mol. The molecule has 0 aliphatic heterocycles. The van der Waals surface area contributed by atoms with Gasteiger partial charge < -0.3 is 5.73 Å². The summed E-state index contributed by atoms with van der Waals surface area (Å²) >= 11 is 6.05. The van der Waals surface area contributed by atoms with E-state index < -0.39 is 0 Å². The van der Waals surface area contributed by atoms with Crippen LogP contribution in [0.2, 0.25) is 5.02 Å². The molecule has 0 saturated heterocycles. The summed E-state index contributed by atoms with van der Waals surface area (Å²) < 4.78 is 0. The van der Waals surface area contributed by atoms with E-state index in [-0.39, 0.29) is 5.41 Å². The van der Waals surface area contributed by atoms with Gasteiger partial charge in [0, 0.05) is 23.7 Å². The number of hydrogen-bond acceptors (Lipinski definition) is 2. The molecule has 0 aliphatic carbocycles. The minimum atomic E-state index is 0.163. The maximum absolute atomic E-state index is 6.05. The normalized spacial score (nSPS) is 15.8. The van der Waals surface area contributed by atoms with Gasteiger partial charge in [0.2, 0.25) is 0 Å². The molecule has 1 aromatic carbocycles. The van der Waals surface area contributed by atoms with E-state index >= 15 is 0 Å². The van der Waals surface area contributed by atoms with E-state index in [1.807, 2.05) is 18.2 Å². The van der Waals surface area contributed by atoms with Crippen molar-refractivity contribution in [1.29, 1.82) is 0 Å². The number of hydrogen-bond donors (Lipinski definition) is 1. The van der Waals surface area contributed by atoms with Crippen LogP contribution < -0.4 is 5.73 Å². The summed E-state index contributed by atoms with van der Waals surface area (Å²) in [7, 11) is 2.13. The summed E-state index contributed by atoms with van der Waals surface area (Å²) in [6.45, 7) is 9.54. The molecule has 18 heavy (non-hydrogen) atoms. The molecule has 0 spiro atoms. The summed E-state index contributed by atoms with van der Waals surface area (Å²) in [6.07, 6.45) is 0. The molecule has 3 heteroatoms. The zero-order chi connectivity index (χ0) is 13.9. The first-order chi connectivity index (χ1) is 8.27. The van der Waals surface area contributed by atoms with Crippen molar-refractivity contribution in [2.24, 2.45) is 11.1 Å². The van der Waals surface area contributed by atoms with Crippen LogP contribution >= 0.6 is 11.6 Å². The number of nitrogens with zero attached hydrogens (tertiary/aromatic N) is 1. The molecule has 2 atom stereocenters. The maximum Gasteiger partial charge on any atom is 0.0409 e. The molecule has 0 amide bonds. The van der Waals surface area contributed by atoms with Crippen molar-refractivity contribution in [3.05, 3.63) is 34.9 Å². The number of benzene rings is 1. The summed E-state index contributed by atoms with van der Waals surface area (Å²) in [6, 6.07) is 8.68. The molecule has 0 saturated carbocycles. The Balaban J connectivity index is 2.92. The van der Waals surface area contributed by atoms with E-state index in [0.717, 1.165) is 5.02 Å². The van der Waals surface area contributed by atoms with Crippen molar-refractivity contribution < 1.29 is 0 Å². The highest BCUT2D eigenvalue weighted by atomic mass is 35.5. The Hall–Kier alpha value is -0.570. The summed E-state index contributed by atoms with van der Waals surface area (Å²) in [5.41, 5.74) is 7.33. The molecule has 0 bridgehead atoms. The molecule has 102 valence electrons. The lowest BCUT2D eigenvalue weighted by Gasteiger charge is -2.40. The third kappa shape index (κ3) is 3.71. The standard InChI is InChI=1S/C15H25ClN2/c1-11(12-7-6-8-13(16)9-12)18(5)14(10-17)15(2,3)4/h6-9,11,14H,10,17H2,1-5H3. The first-order valence-electron chi connectivity index (χ1n) is 6.45. The van der Waals surface area contributed by atoms with Crippen molar-refractivity contribution in [3.8, 4) is 0 Å². The molecule has 0 aliphatic rings. The highest BCUT2D eigenvalue weighted by Gasteiger charge is 2.29. The smallest absolute Gasteiger partial charge is 0.0409 e. The lowest BCUT2D eigenvalue weighted by molar-refractivity contribution is 0.0967. The number of halogens is 1. The van der Waals surface area contributed by atoms with E-state index in [1.54, 1.807) is 0 Å². The molecule has 2 unspecified atom stereocenters. The molecular formula is C15H25ClN2. The number of rotatable bonds is 4. The van der Waals surface area contributed by atoms with Gasteiger partial charge in [-0.15, -0.1) is 0 Å². The minimum Gasteiger partial charge on any atom is -0.329 e. The lowest BCUT2D eigenvalue weighted by atomic mass is 9.85. The van der Waals surface area contributed by atoms with Crippen LogP contribution in [0.15, 0.2) is 24.3 Å². The lowest BCUT2D eigenvalue weighted by Crippen LogP contribution is -2.47. The fourth-order valence-electron chi connectivity index (χ4n) is 2.40. The Morgan fingerprint density at radius 1 is 1.33 bits per heavy atom. The van der Waals surface area contributed by atoms with Crippen LogP contribution in [0.25, 0.3) is 0 Å². The highest BCUT2D eigenvalue weighted by molar-refractivity contribution is 6.30. The molecule has 0 radical (unpaired) electrons. The molecule has 0 heterocycles. The largest absolute Gasteiger partial charge is 0.329 e. The quantitative estimate of drug-likeness (QED) is 0.902. The van der Waals surface area contributed by atoms with Crippen molar-refractivity contribution in [2.75, 3.05) is 13.6 Å². The van der Waals surface area contributed by atoms with E-state index in [9.17, 15) is 0 Å². The molecule has 1 rings (SSSR count). The highest BCUT2D eigenvalue weighted by Crippen LogP contribution is 2.30. The van der Waals surface area contributed by atoms with Gasteiger partial charge in [0.05, 0.1) is 0 Å². The Kier molecular flexibility index (Phi) is 5.20. The molecule has 2 N–H and O–H groups in total. The van der Waals surface area contributed by atoms with Gasteiger partial charge in [-0.3, -0.25) is 4.90 Å². The van der Waals surface area contributed by atoms with Gasteiger partial charge in [0.1, 0.15) is 0 Å². The Morgan fingerprint density at radius 3 is 2.39 bits per heavy atom. The summed E-state index contributed by atoms with van der Waals surface area (Å²) in [5.74, 6) is 0. The summed E-state index contributed by atoms with van der Waals surface area (Å²) in [5, 5.41) is 0.785. The number of likely N-dealkylation sites (N-methyl/N-ethyl adjacent to an activating group) is 1. The van der Waals surface area contributed by atoms with Crippen LogP contribution in [0, 0.1) is 5.41 Å². The molecule has 0 aromatic heterocycles. The SMILES string of the molecule is CC(c1cccc(Cl)c1)N(C)C(CN)C(C)(C)C. The fourth-order valence-corrected chi connectivity index (χ4v) is 2.60. The van der Waals surface area contributed by atoms with E-state index in [4.69, 9.17) is 17.3 Å². The van der Waals surface area contributed by atoms with Gasteiger partial charge in [-0.1, -0.05) is 44.5 Å². The third-order valence-electron chi connectivity index (χ3n) is 3.66. The van der Waals surface area contributed by atoms with E-state index in [1.165, 1.54) is 5.56 Å². The Bertz CT molecular complexity index is 384. The van der Waals surface area contributed by atoms with Crippen LogP contribution in [-0.4, -0.2) is 24.5 Å². The topological polar surface area (TPSA) is 29.3 Å². The van der Waals surface area contributed by atoms with Crippen molar-refractivity contribution in [3.63, 3.8) is 0 Å². The van der Waals surface area contributed by atoms with E-state index in [0.29, 0.717) is 18.6 Å². The van der Waals surface area contributed by atoms with Gasteiger partial charge in [-0.05, 0) is 37.1 Å². The van der Waals surface area contributed by atoms with Gasteiger partial charge in [-0.2, -0.15) is 0 Å². The van der Waals surface area contributed by atoms with Crippen LogP contribution in [0.4, 0.5) is 0 Å². The van der Waals surface area contributed by atoms with Crippen LogP contribution in [-0.2, 0) is 0 Å². The first-order valence-corrected chi connectivity index (χ1v) is 6.82. The second-order valence-electron chi connectivity index (χ2n) is 6.01. The second-order valence-corrected chi connectivity index (χ2v) is 6.45. The molecule has 2 nitrogen and oxygen atoms in total. The third-order valence-corrected chi connectivity index (χ3v) is 3.89. The Morgan fingerprint density at radius 2 is 1.94 bits per heavy atom.